The smallest absolute Gasteiger partial charge is 0.109 e. The lowest BCUT2D eigenvalue weighted by atomic mass is 10.4. The van der Waals surface area contributed by atoms with E-state index in [0.29, 0.717) is 6.42 Å². The van der Waals surface area contributed by atoms with E-state index in [1.165, 1.54) is 0 Å². The Bertz CT molecular complexity index is 136. The van der Waals surface area contributed by atoms with Gasteiger partial charge >= 0.3 is 0 Å². The molecule has 2 N–H and O–H groups in total. The van der Waals surface area contributed by atoms with Crippen molar-refractivity contribution in [3.8, 4) is 0 Å². The summed E-state index contributed by atoms with van der Waals surface area (Å²) in [7, 11) is 0. The molecule has 0 aliphatic heterocycles. The van der Waals surface area contributed by atoms with Gasteiger partial charge in [-0.25, -0.2) is 4.98 Å². The Hall–Kier alpha value is -0.830. The number of aliphatic hydroxyl groups excluding tert-OH is 1. The van der Waals surface area contributed by atoms with Gasteiger partial charge in [-0.2, -0.15) is 0 Å². The maximum Gasteiger partial charge on any atom is 0.109 e. The maximum atomic E-state index is 8.36. The number of nitrogens with one attached hydrogen (secondary N) is 1. The molecule has 0 saturated carbocycles. The van der Waals surface area contributed by atoms with Crippen molar-refractivity contribution in [1.82, 2.24) is 9.97 Å². The molecule has 1 aromatic rings. The molecule has 0 aliphatic carbocycles. The van der Waals surface area contributed by atoms with Crippen molar-refractivity contribution in [3.63, 3.8) is 0 Å². The Labute approximate surface area is 47.4 Å². The van der Waals surface area contributed by atoms with Crippen molar-refractivity contribution in [1.29, 1.82) is 0 Å². The standard InChI is InChI=1S/C5H7N2O/c8-4-1-5-6-2-3-7-5/h2,8H,1,4H2,(H,6,7). The normalized spacial score (nSPS) is 9.62. The van der Waals surface area contributed by atoms with E-state index in [1.807, 2.05) is 0 Å². The molecule has 43 valence electrons. The third kappa shape index (κ3) is 1.07. The van der Waals surface area contributed by atoms with Gasteiger partial charge in [0, 0.05) is 12.6 Å². The molecule has 3 heteroatoms. The van der Waals surface area contributed by atoms with E-state index >= 15 is 0 Å². The molecule has 1 heterocycles. The van der Waals surface area contributed by atoms with E-state index in [2.05, 4.69) is 16.2 Å². The number of aliphatic hydroxyl groups is 1. The van der Waals surface area contributed by atoms with E-state index < -0.39 is 0 Å². The molecule has 0 atom stereocenters. The highest BCUT2D eigenvalue weighted by Gasteiger charge is 1.88. The highest BCUT2D eigenvalue weighted by Crippen LogP contribution is 1.85. The molecule has 3 nitrogen and oxygen atoms in total. The van der Waals surface area contributed by atoms with Gasteiger partial charge in [-0.05, 0) is 0 Å². The van der Waals surface area contributed by atoms with Crippen LogP contribution in [0.2, 0.25) is 0 Å². The second-order valence-corrected chi connectivity index (χ2v) is 1.45. The summed E-state index contributed by atoms with van der Waals surface area (Å²) in [6.45, 7) is 0.140. The van der Waals surface area contributed by atoms with E-state index in [1.54, 1.807) is 6.20 Å². The van der Waals surface area contributed by atoms with Crippen LogP contribution in [0.25, 0.3) is 0 Å². The van der Waals surface area contributed by atoms with Crippen LogP contribution in [-0.4, -0.2) is 21.7 Å². The first-order valence-electron chi connectivity index (χ1n) is 2.44. The zero-order valence-corrected chi connectivity index (χ0v) is 4.39. The van der Waals surface area contributed by atoms with Gasteiger partial charge in [0.05, 0.1) is 6.61 Å². The molecule has 0 fully saturated rings. The molecule has 0 aliphatic rings. The SMILES string of the molecule is OCCc1n[c]c[nH]1. The summed E-state index contributed by atoms with van der Waals surface area (Å²) < 4.78 is 0. The fraction of sp³-hybridized carbons (Fsp3) is 0.400. The molecular formula is C5H7N2O. The number of hydrogen-bond acceptors (Lipinski definition) is 2. The third-order valence-electron chi connectivity index (χ3n) is 0.851. The van der Waals surface area contributed by atoms with Crippen LogP contribution in [0.15, 0.2) is 6.20 Å². The first-order chi connectivity index (χ1) is 3.93. The van der Waals surface area contributed by atoms with Crippen LogP contribution in [0.4, 0.5) is 0 Å². The lowest BCUT2D eigenvalue weighted by Gasteiger charge is -1.85. The van der Waals surface area contributed by atoms with Crippen LogP contribution in [0.5, 0.6) is 0 Å². The van der Waals surface area contributed by atoms with E-state index in [0.717, 1.165) is 5.82 Å². The Morgan fingerprint density at radius 3 is 3.25 bits per heavy atom. The zero-order chi connectivity index (χ0) is 5.82. The third-order valence-corrected chi connectivity index (χ3v) is 0.851. The van der Waals surface area contributed by atoms with Crippen molar-refractivity contribution < 1.29 is 5.11 Å². The van der Waals surface area contributed by atoms with Gasteiger partial charge in [0.15, 0.2) is 0 Å². The van der Waals surface area contributed by atoms with Crippen LogP contribution in [0, 0.1) is 6.20 Å². The second kappa shape index (κ2) is 2.47. The average molecular weight is 111 g/mol. The summed E-state index contributed by atoms with van der Waals surface area (Å²) in [5, 5.41) is 8.36. The molecule has 0 saturated heterocycles. The van der Waals surface area contributed by atoms with Crippen LogP contribution in [-0.2, 0) is 6.42 Å². The molecule has 0 spiro atoms. The highest BCUT2D eigenvalue weighted by molar-refractivity contribution is 4.84. The largest absolute Gasteiger partial charge is 0.396 e. The Kier molecular flexibility index (Phi) is 1.64. The van der Waals surface area contributed by atoms with E-state index in [9.17, 15) is 0 Å². The fourth-order valence-electron chi connectivity index (χ4n) is 0.492. The number of rotatable bonds is 2. The van der Waals surface area contributed by atoms with Crippen LogP contribution < -0.4 is 0 Å². The quantitative estimate of drug-likeness (QED) is 0.552. The summed E-state index contributed by atoms with van der Waals surface area (Å²) in [5.74, 6) is 0.785. The van der Waals surface area contributed by atoms with Crippen molar-refractivity contribution >= 4 is 0 Å². The van der Waals surface area contributed by atoms with Crippen LogP contribution in [0.3, 0.4) is 0 Å². The number of hydrogen-bond donors (Lipinski definition) is 2. The molecule has 0 amide bonds. The topological polar surface area (TPSA) is 48.9 Å². The second-order valence-electron chi connectivity index (χ2n) is 1.45. The molecule has 1 radical (unpaired) electrons. The van der Waals surface area contributed by atoms with Gasteiger partial charge < -0.3 is 10.1 Å². The molecule has 8 heavy (non-hydrogen) atoms. The Morgan fingerprint density at radius 1 is 1.88 bits per heavy atom. The number of nitrogens with zero attached hydrogens (tertiary/aromatic N) is 1. The average Bonchev–Trinajstić information content (AvgIpc) is 2.19. The number of H-pyrrole nitrogens is 1. The minimum Gasteiger partial charge on any atom is -0.396 e. The predicted octanol–water partition coefficient (Wildman–Crippen LogP) is -0.255. The van der Waals surface area contributed by atoms with Crippen molar-refractivity contribution in [2.75, 3.05) is 6.61 Å². The molecule has 1 rings (SSSR count). The predicted molar refractivity (Wildman–Crippen MR) is 28.2 cm³/mol. The molecule has 0 unspecified atom stereocenters. The first-order valence-corrected chi connectivity index (χ1v) is 2.44. The minimum absolute atomic E-state index is 0.140. The van der Waals surface area contributed by atoms with Gasteiger partial charge in [0.25, 0.3) is 0 Å². The zero-order valence-electron chi connectivity index (χ0n) is 4.39. The van der Waals surface area contributed by atoms with Crippen molar-refractivity contribution in [3.05, 3.63) is 18.2 Å². The van der Waals surface area contributed by atoms with Crippen LogP contribution >= 0.6 is 0 Å². The Balaban J connectivity index is 2.50. The van der Waals surface area contributed by atoms with Crippen molar-refractivity contribution in [2.24, 2.45) is 0 Å². The minimum atomic E-state index is 0.140. The van der Waals surface area contributed by atoms with Gasteiger partial charge in [0.2, 0.25) is 0 Å². The summed E-state index contributed by atoms with van der Waals surface area (Å²) in [5.41, 5.74) is 0. The monoisotopic (exact) mass is 111 g/mol. The lowest BCUT2D eigenvalue weighted by molar-refractivity contribution is 0.297. The summed E-state index contributed by atoms with van der Waals surface area (Å²) in [6, 6.07) is 0. The molecule has 1 aromatic heterocycles. The molecular weight excluding hydrogens is 104 g/mol. The highest BCUT2D eigenvalue weighted by atomic mass is 16.3. The fourth-order valence-corrected chi connectivity index (χ4v) is 0.492. The van der Waals surface area contributed by atoms with Gasteiger partial charge in [-0.1, -0.05) is 0 Å². The van der Waals surface area contributed by atoms with Crippen molar-refractivity contribution in [2.45, 2.75) is 6.42 Å². The number of aromatic nitrogens is 2. The van der Waals surface area contributed by atoms with Gasteiger partial charge in [0.1, 0.15) is 12.0 Å². The van der Waals surface area contributed by atoms with E-state index in [4.69, 9.17) is 5.11 Å². The van der Waals surface area contributed by atoms with Gasteiger partial charge in [-0.3, -0.25) is 0 Å². The number of imidazole rings is 1. The van der Waals surface area contributed by atoms with Crippen LogP contribution in [0.1, 0.15) is 5.82 Å². The summed E-state index contributed by atoms with van der Waals surface area (Å²) >= 11 is 0. The first kappa shape index (κ1) is 5.31. The summed E-state index contributed by atoms with van der Waals surface area (Å²) in [6.07, 6.45) is 4.80. The maximum absolute atomic E-state index is 8.36. The number of aromatic amines is 1. The van der Waals surface area contributed by atoms with Gasteiger partial charge in [-0.15, -0.1) is 0 Å². The molecule has 0 aromatic carbocycles. The summed E-state index contributed by atoms with van der Waals surface area (Å²) in [4.78, 5) is 6.58. The molecule has 0 bridgehead atoms. The van der Waals surface area contributed by atoms with E-state index in [-0.39, 0.29) is 6.61 Å². The Morgan fingerprint density at radius 2 is 2.75 bits per heavy atom. The lowest BCUT2D eigenvalue weighted by Crippen LogP contribution is -1.91.